The zero-order valence-corrected chi connectivity index (χ0v) is 13.0. The topological polar surface area (TPSA) is 48.4 Å². The maximum absolute atomic E-state index is 13.0. The fourth-order valence-corrected chi connectivity index (χ4v) is 2.02. The highest BCUT2D eigenvalue weighted by Gasteiger charge is 2.40. The molecule has 22 heavy (non-hydrogen) atoms. The van der Waals surface area contributed by atoms with Crippen LogP contribution >= 0.6 is 22.6 Å². The van der Waals surface area contributed by atoms with Gasteiger partial charge in [0, 0.05) is 5.56 Å². The van der Waals surface area contributed by atoms with Crippen LogP contribution in [0.5, 0.6) is 5.88 Å². The van der Waals surface area contributed by atoms with Crippen molar-refractivity contribution in [3.05, 3.63) is 20.9 Å². The largest absolute Gasteiger partial charge is 0.574 e. The van der Waals surface area contributed by atoms with Crippen molar-refractivity contribution in [1.82, 2.24) is 4.98 Å². The van der Waals surface area contributed by atoms with E-state index in [1.165, 1.54) is 29.5 Å². The molecule has 0 amide bonds. The van der Waals surface area contributed by atoms with Crippen LogP contribution in [0.1, 0.15) is 18.1 Å². The van der Waals surface area contributed by atoms with Crippen molar-refractivity contribution >= 4 is 28.6 Å². The number of carbonyl (C=O) groups excluding carboxylic acids is 1. The van der Waals surface area contributed by atoms with Gasteiger partial charge in [0.1, 0.15) is 3.70 Å². The van der Waals surface area contributed by atoms with Crippen LogP contribution in [0.4, 0.5) is 26.3 Å². The summed E-state index contributed by atoms with van der Waals surface area (Å²) in [6.45, 7) is 1.27. The minimum absolute atomic E-state index is 0.132. The van der Waals surface area contributed by atoms with Gasteiger partial charge in [-0.1, -0.05) is 0 Å². The maximum atomic E-state index is 13.0. The van der Waals surface area contributed by atoms with E-state index in [0.717, 1.165) is 0 Å². The van der Waals surface area contributed by atoms with Crippen LogP contribution in [-0.2, 0) is 22.1 Å². The van der Waals surface area contributed by atoms with E-state index in [0.29, 0.717) is 6.07 Å². The summed E-state index contributed by atoms with van der Waals surface area (Å²) in [5, 5.41) is 0. The Kier molecular flexibility index (Phi) is 5.87. The van der Waals surface area contributed by atoms with E-state index in [2.05, 4.69) is 14.5 Å². The molecule has 0 N–H and O–H groups in total. The van der Waals surface area contributed by atoms with E-state index < -0.39 is 41.9 Å². The molecule has 11 heteroatoms. The Morgan fingerprint density at radius 1 is 1.27 bits per heavy atom. The number of hydrogen-bond acceptors (Lipinski definition) is 4. The molecule has 0 aliphatic carbocycles. The molecule has 0 spiro atoms. The van der Waals surface area contributed by atoms with Crippen molar-refractivity contribution in [3.8, 4) is 5.88 Å². The molecule has 0 saturated carbocycles. The number of esters is 1. The molecule has 4 nitrogen and oxygen atoms in total. The van der Waals surface area contributed by atoms with Crippen LogP contribution in [0.3, 0.4) is 0 Å². The van der Waals surface area contributed by atoms with Gasteiger partial charge in [-0.15, -0.1) is 13.2 Å². The summed E-state index contributed by atoms with van der Waals surface area (Å²) >= 11 is 1.31. The van der Waals surface area contributed by atoms with Crippen LogP contribution in [-0.4, -0.2) is 23.9 Å². The fraction of sp³-hybridized carbons (Fsp3) is 0.455. The van der Waals surface area contributed by atoms with Crippen LogP contribution in [0.2, 0.25) is 0 Å². The lowest BCUT2D eigenvalue weighted by atomic mass is 10.1. The smallest absolute Gasteiger partial charge is 0.466 e. The number of ether oxygens (including phenoxy) is 2. The van der Waals surface area contributed by atoms with Gasteiger partial charge in [0.2, 0.25) is 5.88 Å². The Labute approximate surface area is 133 Å². The Morgan fingerprint density at radius 3 is 2.32 bits per heavy atom. The van der Waals surface area contributed by atoms with E-state index in [1.807, 2.05) is 0 Å². The third-order valence-electron chi connectivity index (χ3n) is 2.20. The Hall–Kier alpha value is -1.27. The number of rotatable bonds is 4. The molecule has 0 atom stereocenters. The summed E-state index contributed by atoms with van der Waals surface area (Å²) < 4.78 is 83.4. The van der Waals surface area contributed by atoms with Crippen molar-refractivity contribution in [2.45, 2.75) is 25.9 Å². The lowest BCUT2D eigenvalue weighted by molar-refractivity contribution is -0.276. The third-order valence-corrected chi connectivity index (χ3v) is 2.75. The zero-order chi connectivity index (χ0) is 17.1. The second kappa shape index (κ2) is 6.87. The lowest BCUT2D eigenvalue weighted by Gasteiger charge is -2.17. The first-order chi connectivity index (χ1) is 9.94. The van der Waals surface area contributed by atoms with E-state index >= 15 is 0 Å². The molecule has 1 rings (SSSR count). The summed E-state index contributed by atoms with van der Waals surface area (Å²) in [5.41, 5.74) is -2.46. The van der Waals surface area contributed by atoms with Gasteiger partial charge in [-0.2, -0.15) is 13.2 Å². The SMILES string of the molecule is CCOC(=O)Cc1c(C(F)(F)F)cc(I)nc1OC(F)(F)F. The summed E-state index contributed by atoms with van der Waals surface area (Å²) in [6.07, 6.45) is -11.3. The highest BCUT2D eigenvalue weighted by atomic mass is 127. The predicted molar refractivity (Wildman–Crippen MR) is 69.0 cm³/mol. The van der Waals surface area contributed by atoms with E-state index in [9.17, 15) is 31.1 Å². The predicted octanol–water partition coefficient (Wildman–Crippen LogP) is 3.71. The van der Waals surface area contributed by atoms with Gasteiger partial charge in [-0.25, -0.2) is 4.98 Å². The van der Waals surface area contributed by atoms with Gasteiger partial charge in [0.15, 0.2) is 0 Å². The van der Waals surface area contributed by atoms with Gasteiger partial charge < -0.3 is 9.47 Å². The van der Waals surface area contributed by atoms with Crippen molar-refractivity contribution in [2.24, 2.45) is 0 Å². The van der Waals surface area contributed by atoms with Crippen molar-refractivity contribution < 1.29 is 40.6 Å². The molecule has 124 valence electrons. The normalized spacial score (nSPS) is 12.2. The Bertz CT molecular complexity index is 558. The summed E-state index contributed by atoms with van der Waals surface area (Å²) in [4.78, 5) is 14.6. The first-order valence-corrected chi connectivity index (χ1v) is 6.70. The number of halogens is 7. The monoisotopic (exact) mass is 443 g/mol. The average molecular weight is 443 g/mol. The van der Waals surface area contributed by atoms with Crippen LogP contribution < -0.4 is 4.74 Å². The summed E-state index contributed by atoms with van der Waals surface area (Å²) in [5.74, 6) is -2.44. The van der Waals surface area contributed by atoms with E-state index in [-0.39, 0.29) is 10.3 Å². The number of aromatic nitrogens is 1. The molecule has 0 unspecified atom stereocenters. The minimum atomic E-state index is -5.25. The Morgan fingerprint density at radius 2 is 1.86 bits per heavy atom. The van der Waals surface area contributed by atoms with E-state index in [1.54, 1.807) is 0 Å². The first kappa shape index (κ1) is 18.8. The summed E-state index contributed by atoms with van der Waals surface area (Å²) in [6, 6.07) is 0.526. The average Bonchev–Trinajstić information content (AvgIpc) is 2.29. The lowest BCUT2D eigenvalue weighted by Crippen LogP contribution is -2.23. The first-order valence-electron chi connectivity index (χ1n) is 5.62. The molecule has 0 bridgehead atoms. The molecule has 1 heterocycles. The van der Waals surface area contributed by atoms with E-state index in [4.69, 9.17) is 0 Å². The second-order valence-corrected chi connectivity index (χ2v) is 4.91. The number of pyridine rings is 1. The molecule has 0 aliphatic rings. The molecule has 0 aromatic carbocycles. The quantitative estimate of drug-likeness (QED) is 0.308. The van der Waals surface area contributed by atoms with Gasteiger partial charge in [-0.3, -0.25) is 4.79 Å². The number of nitrogens with zero attached hydrogens (tertiary/aromatic N) is 1. The van der Waals surface area contributed by atoms with Gasteiger partial charge in [0.05, 0.1) is 18.6 Å². The zero-order valence-electron chi connectivity index (χ0n) is 10.8. The molecule has 1 aromatic heterocycles. The molecule has 0 aliphatic heterocycles. The fourth-order valence-electron chi connectivity index (χ4n) is 1.49. The highest BCUT2D eigenvalue weighted by molar-refractivity contribution is 14.1. The second-order valence-electron chi connectivity index (χ2n) is 3.80. The van der Waals surface area contributed by atoms with Crippen molar-refractivity contribution in [1.29, 1.82) is 0 Å². The maximum Gasteiger partial charge on any atom is 0.574 e. The molecule has 0 saturated heterocycles. The standard InChI is InChI=1S/C11H8F6INO3/c1-2-21-8(20)3-5-6(10(12,13)14)4-7(18)19-9(5)22-11(15,16)17/h4H,2-3H2,1H3. The Balaban J connectivity index is 3.40. The number of hydrogen-bond donors (Lipinski definition) is 0. The molecule has 0 radical (unpaired) electrons. The molecular weight excluding hydrogens is 435 g/mol. The highest BCUT2D eigenvalue weighted by Crippen LogP contribution is 2.38. The third kappa shape index (κ3) is 5.50. The molecule has 1 aromatic rings. The van der Waals surface area contributed by atoms with Gasteiger partial charge >= 0.3 is 18.5 Å². The van der Waals surface area contributed by atoms with Crippen LogP contribution in [0.25, 0.3) is 0 Å². The number of alkyl halides is 6. The van der Waals surface area contributed by atoms with Gasteiger partial charge in [0.25, 0.3) is 0 Å². The van der Waals surface area contributed by atoms with Crippen molar-refractivity contribution in [3.63, 3.8) is 0 Å². The van der Waals surface area contributed by atoms with Crippen LogP contribution in [0, 0.1) is 3.70 Å². The van der Waals surface area contributed by atoms with Crippen LogP contribution in [0.15, 0.2) is 6.07 Å². The molecular formula is C11H8F6INO3. The summed E-state index contributed by atoms with van der Waals surface area (Å²) in [7, 11) is 0. The minimum Gasteiger partial charge on any atom is -0.466 e. The van der Waals surface area contributed by atoms with Crippen molar-refractivity contribution in [2.75, 3.05) is 6.61 Å². The van der Waals surface area contributed by atoms with Gasteiger partial charge in [-0.05, 0) is 35.6 Å². The number of carbonyl (C=O) groups is 1. The molecule has 0 fully saturated rings.